The Kier molecular flexibility index (Phi) is 6.18. The summed E-state index contributed by atoms with van der Waals surface area (Å²) in [5, 5.41) is 17.5. The molecular weight excluding hydrogens is 206 g/mol. The summed E-state index contributed by atoms with van der Waals surface area (Å²) in [7, 11) is 6.51. The molecule has 0 fully saturated rings. The molecule has 0 aromatic heterocycles. The van der Waals surface area contributed by atoms with Gasteiger partial charge >= 0.3 is 0 Å². The zero-order chi connectivity index (χ0) is 12.6. The summed E-state index contributed by atoms with van der Waals surface area (Å²) in [6.07, 6.45) is 1.01. The largest absolute Gasteiger partial charge is 0.554 e. The van der Waals surface area contributed by atoms with Crippen LogP contribution in [-0.4, -0.2) is 43.7 Å². The molecule has 4 heteroatoms. The van der Waals surface area contributed by atoms with Gasteiger partial charge in [0, 0.05) is 12.9 Å². The van der Waals surface area contributed by atoms with Gasteiger partial charge in [0.1, 0.15) is 5.75 Å². The van der Waals surface area contributed by atoms with Crippen LogP contribution in [-0.2, 0) is 11.2 Å². The SMILES string of the molecule is C[N+](C)(C)CCc1cccc(O)c1.O=C[O-]. The van der Waals surface area contributed by atoms with Gasteiger partial charge in [-0.15, -0.1) is 0 Å². The van der Waals surface area contributed by atoms with Crippen LogP contribution in [0.15, 0.2) is 24.3 Å². The first kappa shape index (κ1) is 14.5. The molecule has 1 rings (SSSR count). The van der Waals surface area contributed by atoms with Crippen LogP contribution in [0.5, 0.6) is 5.75 Å². The minimum absolute atomic E-state index is 0.360. The number of carboxylic acid groups (broad SMARTS) is 1. The lowest BCUT2D eigenvalue weighted by atomic mass is 10.1. The van der Waals surface area contributed by atoms with Crippen molar-refractivity contribution in [2.24, 2.45) is 0 Å². The van der Waals surface area contributed by atoms with E-state index in [1.54, 1.807) is 6.07 Å². The van der Waals surface area contributed by atoms with Gasteiger partial charge in [0.2, 0.25) is 0 Å². The fraction of sp³-hybridized carbons (Fsp3) is 0.417. The predicted molar refractivity (Wildman–Crippen MR) is 60.8 cm³/mol. The molecule has 0 unspecified atom stereocenters. The second kappa shape index (κ2) is 6.85. The van der Waals surface area contributed by atoms with Gasteiger partial charge in [-0.25, -0.2) is 0 Å². The van der Waals surface area contributed by atoms with Crippen molar-refractivity contribution in [3.63, 3.8) is 0 Å². The number of carbonyl (C=O) groups is 1. The van der Waals surface area contributed by atoms with Gasteiger partial charge in [-0.2, -0.15) is 0 Å². The Hall–Kier alpha value is -1.55. The first-order chi connectivity index (χ1) is 7.39. The summed E-state index contributed by atoms with van der Waals surface area (Å²) in [6.45, 7) is 0.587. The molecule has 0 saturated carbocycles. The molecule has 0 spiro atoms. The van der Waals surface area contributed by atoms with Crippen LogP contribution in [0.25, 0.3) is 0 Å². The molecule has 0 aliphatic heterocycles. The fourth-order valence-corrected chi connectivity index (χ4v) is 1.18. The Balaban J connectivity index is 0.000000673. The summed E-state index contributed by atoms with van der Waals surface area (Å²) < 4.78 is 0.954. The van der Waals surface area contributed by atoms with E-state index in [0.717, 1.165) is 17.4 Å². The number of likely N-dealkylation sites (N-methyl/N-ethyl adjacent to an activating group) is 1. The van der Waals surface area contributed by atoms with E-state index < -0.39 is 6.47 Å². The molecule has 16 heavy (non-hydrogen) atoms. The van der Waals surface area contributed by atoms with Gasteiger partial charge in [0.15, 0.2) is 0 Å². The summed E-state index contributed by atoms with van der Waals surface area (Å²) in [5.41, 5.74) is 1.20. The summed E-state index contributed by atoms with van der Waals surface area (Å²) >= 11 is 0. The highest BCUT2D eigenvalue weighted by atomic mass is 16.3. The maximum Gasteiger partial charge on any atom is 0.115 e. The first-order valence-corrected chi connectivity index (χ1v) is 5.03. The van der Waals surface area contributed by atoms with E-state index in [-0.39, 0.29) is 0 Å². The van der Waals surface area contributed by atoms with Crippen molar-refractivity contribution in [1.29, 1.82) is 0 Å². The van der Waals surface area contributed by atoms with Crippen LogP contribution < -0.4 is 5.11 Å². The highest BCUT2D eigenvalue weighted by Gasteiger charge is 2.06. The third-order valence-electron chi connectivity index (χ3n) is 1.98. The minimum Gasteiger partial charge on any atom is -0.554 e. The maximum atomic E-state index is 9.24. The fourth-order valence-electron chi connectivity index (χ4n) is 1.18. The molecule has 0 aliphatic rings. The molecule has 90 valence electrons. The van der Waals surface area contributed by atoms with Gasteiger partial charge in [-0.1, -0.05) is 12.1 Å². The Morgan fingerprint density at radius 1 is 1.38 bits per heavy atom. The van der Waals surface area contributed by atoms with E-state index in [1.165, 1.54) is 5.56 Å². The molecule has 0 aliphatic carbocycles. The maximum absolute atomic E-state index is 9.24. The van der Waals surface area contributed by atoms with E-state index in [1.807, 2.05) is 12.1 Å². The van der Waals surface area contributed by atoms with Crippen molar-refractivity contribution in [1.82, 2.24) is 0 Å². The van der Waals surface area contributed by atoms with E-state index in [0.29, 0.717) is 5.75 Å². The van der Waals surface area contributed by atoms with Crippen molar-refractivity contribution in [2.45, 2.75) is 6.42 Å². The molecule has 1 aromatic carbocycles. The number of rotatable bonds is 3. The third-order valence-corrected chi connectivity index (χ3v) is 1.98. The van der Waals surface area contributed by atoms with Crippen molar-refractivity contribution >= 4 is 6.47 Å². The molecule has 0 saturated heterocycles. The van der Waals surface area contributed by atoms with E-state index in [4.69, 9.17) is 9.90 Å². The van der Waals surface area contributed by atoms with Gasteiger partial charge in [0.05, 0.1) is 27.7 Å². The Morgan fingerprint density at radius 3 is 2.38 bits per heavy atom. The van der Waals surface area contributed by atoms with Gasteiger partial charge in [-0.05, 0) is 17.7 Å². The molecule has 0 radical (unpaired) electrons. The van der Waals surface area contributed by atoms with Crippen LogP contribution in [0.2, 0.25) is 0 Å². The average molecular weight is 225 g/mol. The van der Waals surface area contributed by atoms with Crippen molar-refractivity contribution in [3.05, 3.63) is 29.8 Å². The van der Waals surface area contributed by atoms with Crippen LogP contribution in [0, 0.1) is 0 Å². The number of aromatic hydroxyl groups is 1. The molecule has 1 N–H and O–H groups in total. The summed E-state index contributed by atoms with van der Waals surface area (Å²) in [5.74, 6) is 0.360. The van der Waals surface area contributed by atoms with Crippen molar-refractivity contribution < 1.29 is 19.5 Å². The lowest BCUT2D eigenvalue weighted by Gasteiger charge is -2.23. The number of benzene rings is 1. The first-order valence-electron chi connectivity index (χ1n) is 5.03. The van der Waals surface area contributed by atoms with Crippen LogP contribution in [0.1, 0.15) is 5.56 Å². The number of phenolic OH excluding ortho intramolecular Hbond substituents is 1. The minimum atomic E-state index is -0.500. The Morgan fingerprint density at radius 2 is 1.94 bits per heavy atom. The molecule has 0 atom stereocenters. The number of quaternary nitrogens is 1. The standard InChI is InChI=1S/C11H17NO.CH2O2/c1-12(2,3)8-7-10-5-4-6-11(13)9-10;2-1-3/h4-6,9H,7-8H2,1-3H3;1H,(H,2,3). The molecular formula is C12H19NO3. The monoisotopic (exact) mass is 225 g/mol. The zero-order valence-electron chi connectivity index (χ0n) is 10.0. The number of nitrogens with zero attached hydrogens (tertiary/aromatic N) is 1. The normalized spacial score (nSPS) is 10.2. The highest BCUT2D eigenvalue weighted by molar-refractivity contribution is 5.29. The Labute approximate surface area is 96.3 Å². The number of hydrogen-bond acceptors (Lipinski definition) is 3. The van der Waals surface area contributed by atoms with Gasteiger partial charge in [0.25, 0.3) is 0 Å². The number of carbonyl (C=O) groups excluding carboxylic acids is 1. The van der Waals surface area contributed by atoms with Gasteiger partial charge < -0.3 is 19.5 Å². The molecule has 0 amide bonds. The smallest absolute Gasteiger partial charge is 0.115 e. The quantitative estimate of drug-likeness (QED) is 0.582. The molecule has 1 aromatic rings. The highest BCUT2D eigenvalue weighted by Crippen LogP contribution is 2.11. The van der Waals surface area contributed by atoms with E-state index in [9.17, 15) is 5.11 Å². The van der Waals surface area contributed by atoms with Crippen molar-refractivity contribution in [3.8, 4) is 5.75 Å². The molecule has 0 heterocycles. The Bertz CT molecular complexity index is 318. The molecule has 4 nitrogen and oxygen atoms in total. The molecule has 0 bridgehead atoms. The van der Waals surface area contributed by atoms with E-state index >= 15 is 0 Å². The zero-order valence-corrected chi connectivity index (χ0v) is 10.0. The van der Waals surface area contributed by atoms with Crippen LogP contribution in [0.3, 0.4) is 0 Å². The lowest BCUT2D eigenvalue weighted by Crippen LogP contribution is -2.36. The number of hydrogen-bond donors (Lipinski definition) is 1. The third kappa shape index (κ3) is 7.82. The topological polar surface area (TPSA) is 60.4 Å². The van der Waals surface area contributed by atoms with Crippen LogP contribution >= 0.6 is 0 Å². The van der Waals surface area contributed by atoms with E-state index in [2.05, 4.69) is 27.2 Å². The van der Waals surface area contributed by atoms with Crippen molar-refractivity contribution in [2.75, 3.05) is 27.7 Å². The predicted octanol–water partition coefficient (Wildman–Crippen LogP) is 0.00700. The van der Waals surface area contributed by atoms with Crippen LogP contribution in [0.4, 0.5) is 0 Å². The second-order valence-corrected chi connectivity index (χ2v) is 4.53. The van der Waals surface area contributed by atoms with Gasteiger partial charge in [-0.3, -0.25) is 0 Å². The summed E-state index contributed by atoms with van der Waals surface area (Å²) in [6, 6.07) is 7.47. The second-order valence-electron chi connectivity index (χ2n) is 4.53. The average Bonchev–Trinajstić information content (AvgIpc) is 2.15. The summed E-state index contributed by atoms with van der Waals surface area (Å²) in [4.78, 5) is 8.25. The lowest BCUT2D eigenvalue weighted by molar-refractivity contribution is -0.870. The number of phenols is 1.